The predicted octanol–water partition coefficient (Wildman–Crippen LogP) is 3.56. The van der Waals surface area contributed by atoms with Crippen LogP contribution in [0.5, 0.6) is 0 Å². The summed E-state index contributed by atoms with van der Waals surface area (Å²) < 4.78 is 18.0. The Hall–Kier alpha value is -2.36. The summed E-state index contributed by atoms with van der Waals surface area (Å²) >= 11 is 0. The molecule has 0 fully saturated rings. The molecule has 0 spiro atoms. The lowest BCUT2D eigenvalue weighted by Crippen LogP contribution is -2.20. The molecule has 0 heterocycles. The van der Waals surface area contributed by atoms with Gasteiger partial charge < -0.3 is 9.64 Å². The molecule has 0 aromatic heterocycles. The number of hydrogen-bond acceptors (Lipinski definition) is 3. The van der Waals surface area contributed by atoms with Crippen LogP contribution in [0.25, 0.3) is 0 Å². The zero-order chi connectivity index (χ0) is 15.4. The number of carbonyl (C=O) groups is 1. The number of aryl methyl sites for hydroxylation is 1. The number of esters is 1. The highest BCUT2D eigenvalue weighted by molar-refractivity contribution is 5.95. The molecule has 0 saturated heterocycles. The molecule has 2 aromatic rings. The van der Waals surface area contributed by atoms with E-state index in [2.05, 4.69) is 0 Å². The summed E-state index contributed by atoms with van der Waals surface area (Å²) in [6, 6.07) is 12.0. The van der Waals surface area contributed by atoms with Gasteiger partial charge in [0.05, 0.1) is 18.4 Å². The minimum Gasteiger partial charge on any atom is -0.465 e. The van der Waals surface area contributed by atoms with Crippen molar-refractivity contribution in [3.05, 3.63) is 65.0 Å². The van der Waals surface area contributed by atoms with Gasteiger partial charge in [0.15, 0.2) is 0 Å². The Morgan fingerprint density at radius 1 is 1.24 bits per heavy atom. The number of methoxy groups -OCH3 is 1. The lowest BCUT2D eigenvalue weighted by Gasteiger charge is -2.22. The zero-order valence-corrected chi connectivity index (χ0v) is 12.4. The van der Waals surface area contributed by atoms with E-state index in [0.717, 1.165) is 16.8 Å². The summed E-state index contributed by atoms with van der Waals surface area (Å²) in [6.45, 7) is 2.46. The van der Waals surface area contributed by atoms with Gasteiger partial charge in [-0.1, -0.05) is 18.2 Å². The largest absolute Gasteiger partial charge is 0.465 e. The maximum absolute atomic E-state index is 13.1. The fourth-order valence-electron chi connectivity index (χ4n) is 2.27. The normalized spacial score (nSPS) is 10.3. The second kappa shape index (κ2) is 6.39. The van der Waals surface area contributed by atoms with Crippen molar-refractivity contribution in [2.75, 3.05) is 19.1 Å². The van der Waals surface area contributed by atoms with Gasteiger partial charge in [-0.2, -0.15) is 0 Å². The van der Waals surface area contributed by atoms with Crippen LogP contribution in [0.1, 0.15) is 21.5 Å². The van der Waals surface area contributed by atoms with E-state index in [1.165, 1.54) is 19.2 Å². The SMILES string of the molecule is COC(=O)c1ccccc1N(C)Cc1ccc(F)cc1C. The molecule has 0 unspecified atom stereocenters. The molecule has 0 aliphatic carbocycles. The number of carbonyl (C=O) groups excluding carboxylic acids is 1. The lowest BCUT2D eigenvalue weighted by atomic mass is 10.1. The number of anilines is 1. The van der Waals surface area contributed by atoms with E-state index in [1.807, 2.05) is 31.0 Å². The lowest BCUT2D eigenvalue weighted by molar-refractivity contribution is 0.0601. The van der Waals surface area contributed by atoms with E-state index in [-0.39, 0.29) is 11.8 Å². The molecule has 0 bridgehead atoms. The van der Waals surface area contributed by atoms with Crippen LogP contribution >= 0.6 is 0 Å². The maximum Gasteiger partial charge on any atom is 0.339 e. The van der Waals surface area contributed by atoms with Crippen LogP contribution < -0.4 is 4.90 Å². The minimum atomic E-state index is -0.367. The summed E-state index contributed by atoms with van der Waals surface area (Å²) in [4.78, 5) is 13.8. The number of rotatable bonds is 4. The fraction of sp³-hybridized carbons (Fsp3) is 0.235. The highest BCUT2D eigenvalue weighted by Gasteiger charge is 2.14. The smallest absolute Gasteiger partial charge is 0.339 e. The van der Waals surface area contributed by atoms with Gasteiger partial charge in [0.25, 0.3) is 0 Å². The van der Waals surface area contributed by atoms with Crippen molar-refractivity contribution in [1.29, 1.82) is 0 Å². The van der Waals surface area contributed by atoms with Crippen molar-refractivity contribution in [3.8, 4) is 0 Å². The third-order valence-electron chi connectivity index (χ3n) is 3.43. The summed E-state index contributed by atoms with van der Waals surface area (Å²) in [5.41, 5.74) is 3.20. The molecule has 2 rings (SSSR count). The second-order valence-electron chi connectivity index (χ2n) is 4.94. The van der Waals surface area contributed by atoms with Gasteiger partial charge in [0.1, 0.15) is 5.82 Å². The summed E-state index contributed by atoms with van der Waals surface area (Å²) in [5.74, 6) is -0.609. The van der Waals surface area contributed by atoms with Crippen LogP contribution in [0.3, 0.4) is 0 Å². The van der Waals surface area contributed by atoms with Gasteiger partial charge >= 0.3 is 5.97 Å². The first kappa shape index (κ1) is 15.0. The van der Waals surface area contributed by atoms with Crippen LogP contribution in [0.2, 0.25) is 0 Å². The first-order valence-corrected chi connectivity index (χ1v) is 6.66. The quantitative estimate of drug-likeness (QED) is 0.805. The van der Waals surface area contributed by atoms with Crippen LogP contribution in [0.15, 0.2) is 42.5 Å². The molecule has 0 aliphatic heterocycles. The van der Waals surface area contributed by atoms with Gasteiger partial charge in [-0.05, 0) is 42.3 Å². The monoisotopic (exact) mass is 287 g/mol. The van der Waals surface area contributed by atoms with E-state index in [9.17, 15) is 9.18 Å². The average Bonchev–Trinajstić information content (AvgIpc) is 2.49. The van der Waals surface area contributed by atoms with Crippen molar-refractivity contribution in [3.63, 3.8) is 0 Å². The number of halogens is 1. The zero-order valence-electron chi connectivity index (χ0n) is 12.4. The number of para-hydroxylation sites is 1. The van der Waals surface area contributed by atoms with Gasteiger partial charge in [-0.15, -0.1) is 0 Å². The average molecular weight is 287 g/mol. The van der Waals surface area contributed by atoms with Crippen LogP contribution in [-0.2, 0) is 11.3 Å². The Kier molecular flexibility index (Phi) is 4.58. The third kappa shape index (κ3) is 3.40. The van der Waals surface area contributed by atoms with E-state index in [1.54, 1.807) is 18.2 Å². The maximum atomic E-state index is 13.1. The molecule has 3 nitrogen and oxygen atoms in total. The van der Waals surface area contributed by atoms with E-state index in [4.69, 9.17) is 4.74 Å². The van der Waals surface area contributed by atoms with Crippen LogP contribution in [0.4, 0.5) is 10.1 Å². The summed E-state index contributed by atoms with van der Waals surface area (Å²) in [5, 5.41) is 0. The Morgan fingerprint density at radius 2 is 1.95 bits per heavy atom. The minimum absolute atomic E-state index is 0.242. The molecule has 0 amide bonds. The number of benzene rings is 2. The van der Waals surface area contributed by atoms with Crippen molar-refractivity contribution < 1.29 is 13.9 Å². The molecular formula is C17H18FNO2. The Labute approximate surface area is 124 Å². The summed E-state index contributed by atoms with van der Waals surface area (Å²) in [7, 11) is 3.26. The molecule has 21 heavy (non-hydrogen) atoms. The molecule has 0 radical (unpaired) electrons. The topological polar surface area (TPSA) is 29.5 Å². The first-order chi connectivity index (χ1) is 10.0. The Balaban J connectivity index is 2.28. The molecule has 110 valence electrons. The molecule has 0 N–H and O–H groups in total. The number of nitrogens with zero attached hydrogens (tertiary/aromatic N) is 1. The highest BCUT2D eigenvalue weighted by Crippen LogP contribution is 2.23. The van der Waals surface area contributed by atoms with Crippen molar-refractivity contribution >= 4 is 11.7 Å². The molecular weight excluding hydrogens is 269 g/mol. The molecule has 0 atom stereocenters. The van der Waals surface area contributed by atoms with Crippen molar-refractivity contribution in [2.45, 2.75) is 13.5 Å². The predicted molar refractivity (Wildman–Crippen MR) is 81.0 cm³/mol. The molecule has 0 saturated carbocycles. The number of hydrogen-bond donors (Lipinski definition) is 0. The fourth-order valence-corrected chi connectivity index (χ4v) is 2.27. The Bertz CT molecular complexity index is 655. The molecule has 0 aliphatic rings. The van der Waals surface area contributed by atoms with E-state index >= 15 is 0 Å². The summed E-state index contributed by atoms with van der Waals surface area (Å²) in [6.07, 6.45) is 0. The van der Waals surface area contributed by atoms with Crippen LogP contribution in [-0.4, -0.2) is 20.1 Å². The van der Waals surface area contributed by atoms with Gasteiger partial charge in [-0.25, -0.2) is 9.18 Å². The van der Waals surface area contributed by atoms with Gasteiger partial charge in [0.2, 0.25) is 0 Å². The molecule has 4 heteroatoms. The standard InChI is InChI=1S/C17H18FNO2/c1-12-10-14(18)9-8-13(12)11-19(2)16-7-5-4-6-15(16)17(20)21-3/h4-10H,11H2,1-3H3. The van der Waals surface area contributed by atoms with E-state index < -0.39 is 0 Å². The second-order valence-corrected chi connectivity index (χ2v) is 4.94. The Morgan fingerprint density at radius 3 is 2.62 bits per heavy atom. The third-order valence-corrected chi connectivity index (χ3v) is 3.43. The van der Waals surface area contributed by atoms with E-state index in [0.29, 0.717) is 12.1 Å². The van der Waals surface area contributed by atoms with Crippen molar-refractivity contribution in [2.24, 2.45) is 0 Å². The molecule has 2 aromatic carbocycles. The number of ether oxygens (including phenoxy) is 1. The van der Waals surface area contributed by atoms with Gasteiger partial charge in [-0.3, -0.25) is 0 Å². The van der Waals surface area contributed by atoms with Crippen LogP contribution in [0, 0.1) is 12.7 Å². The first-order valence-electron chi connectivity index (χ1n) is 6.66. The van der Waals surface area contributed by atoms with Crippen molar-refractivity contribution in [1.82, 2.24) is 0 Å². The van der Waals surface area contributed by atoms with Gasteiger partial charge in [0, 0.05) is 13.6 Å². The highest BCUT2D eigenvalue weighted by atomic mass is 19.1.